The average Bonchev–Trinajstić information content (AvgIpc) is 2.92. The number of anilines is 2. The number of para-hydroxylation sites is 2. The molecule has 2 heterocycles. The van der Waals surface area contributed by atoms with Gasteiger partial charge in [0.05, 0.1) is 6.04 Å². The molecule has 4 aromatic carbocycles. The Morgan fingerprint density at radius 3 is 1.47 bits per heavy atom. The molecule has 2 N–H and O–H groups in total. The second-order valence-electron chi connectivity index (χ2n) is 8.83. The van der Waals surface area contributed by atoms with Crippen molar-refractivity contribution >= 4 is 11.4 Å². The number of ether oxygens (including phenoxy) is 2. The monoisotopic (exact) mass is 449 g/mol. The summed E-state index contributed by atoms with van der Waals surface area (Å²) in [6.07, 6.45) is 0. The van der Waals surface area contributed by atoms with Gasteiger partial charge in [-0.25, -0.2) is 0 Å². The molecule has 0 saturated heterocycles. The smallest absolute Gasteiger partial charge is 0.161 e. The number of rotatable bonds is 4. The van der Waals surface area contributed by atoms with Crippen LogP contribution in [-0.4, -0.2) is 13.5 Å². The van der Waals surface area contributed by atoms with E-state index in [1.807, 2.05) is 24.3 Å². The van der Waals surface area contributed by atoms with Crippen LogP contribution in [0.2, 0.25) is 0 Å². The third-order valence-electron chi connectivity index (χ3n) is 6.60. The van der Waals surface area contributed by atoms with Gasteiger partial charge in [-0.3, -0.25) is 0 Å². The van der Waals surface area contributed by atoms with E-state index >= 15 is 0 Å². The van der Waals surface area contributed by atoms with Crippen molar-refractivity contribution in [1.82, 2.24) is 0 Å². The minimum atomic E-state index is -0.227. The lowest BCUT2D eigenvalue weighted by atomic mass is 9.95. The number of nitrogens with two attached hydrogens (primary N) is 1. The third kappa shape index (κ3) is 3.95. The summed E-state index contributed by atoms with van der Waals surface area (Å²) in [7, 11) is 0. The van der Waals surface area contributed by atoms with Crippen LogP contribution >= 0.6 is 0 Å². The summed E-state index contributed by atoms with van der Waals surface area (Å²) in [4.78, 5) is 4.46. The zero-order valence-electron chi connectivity index (χ0n) is 18.9. The maximum absolute atomic E-state index is 6.77. The van der Waals surface area contributed by atoms with E-state index in [2.05, 4.69) is 82.6 Å². The molecule has 2 aliphatic rings. The Bertz CT molecular complexity index is 1190. The fraction of sp³-hybridized carbons (Fsp3) is 0.172. The van der Waals surface area contributed by atoms with E-state index in [9.17, 15) is 0 Å². The summed E-state index contributed by atoms with van der Waals surface area (Å²) in [5, 5.41) is 0. The molecule has 170 valence electrons. The Morgan fingerprint density at radius 2 is 1.03 bits per heavy atom. The zero-order valence-corrected chi connectivity index (χ0v) is 18.9. The van der Waals surface area contributed by atoms with E-state index in [0.29, 0.717) is 13.5 Å². The van der Waals surface area contributed by atoms with E-state index in [4.69, 9.17) is 15.2 Å². The summed E-state index contributed by atoms with van der Waals surface area (Å²) in [6.45, 7) is 2.68. The SMILES string of the molecule is NC(c1ccc2c(c1)CN(c1ccccc1)CO2)c1ccc2c(c1)CN(c1ccccc1)CO2. The molecule has 0 spiro atoms. The van der Waals surface area contributed by atoms with Gasteiger partial charge in [-0.05, 0) is 59.7 Å². The Hall–Kier alpha value is -3.96. The Labute approximate surface area is 200 Å². The lowest BCUT2D eigenvalue weighted by molar-refractivity contribution is 0.289. The van der Waals surface area contributed by atoms with Crippen molar-refractivity contribution in [3.05, 3.63) is 119 Å². The van der Waals surface area contributed by atoms with Crippen molar-refractivity contribution in [3.8, 4) is 11.5 Å². The molecule has 0 atom stereocenters. The van der Waals surface area contributed by atoms with E-state index in [1.54, 1.807) is 0 Å². The van der Waals surface area contributed by atoms with Crippen LogP contribution in [0.4, 0.5) is 11.4 Å². The summed E-state index contributed by atoms with van der Waals surface area (Å²) >= 11 is 0. The molecule has 0 saturated carbocycles. The lowest BCUT2D eigenvalue weighted by Gasteiger charge is -2.32. The van der Waals surface area contributed by atoms with Crippen LogP contribution in [0.5, 0.6) is 11.5 Å². The van der Waals surface area contributed by atoms with Crippen LogP contribution in [0.25, 0.3) is 0 Å². The molecule has 0 fully saturated rings. The quantitative estimate of drug-likeness (QED) is 0.449. The van der Waals surface area contributed by atoms with Crippen LogP contribution in [0.15, 0.2) is 97.1 Å². The predicted octanol–water partition coefficient (Wildman–Crippen LogP) is 5.45. The Balaban J connectivity index is 1.24. The highest BCUT2D eigenvalue weighted by molar-refractivity contribution is 5.53. The molecule has 5 heteroatoms. The number of hydrogen-bond acceptors (Lipinski definition) is 5. The van der Waals surface area contributed by atoms with Crippen LogP contribution in [-0.2, 0) is 13.1 Å². The van der Waals surface area contributed by atoms with Gasteiger partial charge in [0, 0.05) is 35.6 Å². The fourth-order valence-corrected chi connectivity index (χ4v) is 4.71. The van der Waals surface area contributed by atoms with Crippen molar-refractivity contribution < 1.29 is 9.47 Å². The Morgan fingerprint density at radius 1 is 0.588 bits per heavy atom. The second-order valence-corrected chi connectivity index (χ2v) is 8.83. The van der Waals surface area contributed by atoms with Gasteiger partial charge in [0.25, 0.3) is 0 Å². The molecule has 0 bridgehead atoms. The molecule has 0 radical (unpaired) electrons. The summed E-state index contributed by atoms with van der Waals surface area (Å²) in [5.74, 6) is 1.86. The zero-order chi connectivity index (χ0) is 22.9. The minimum absolute atomic E-state index is 0.227. The van der Waals surface area contributed by atoms with Crippen LogP contribution in [0.1, 0.15) is 28.3 Å². The molecule has 0 aliphatic carbocycles. The molecule has 6 rings (SSSR count). The fourth-order valence-electron chi connectivity index (χ4n) is 4.71. The van der Waals surface area contributed by atoms with E-state index in [-0.39, 0.29) is 6.04 Å². The van der Waals surface area contributed by atoms with Crippen LogP contribution < -0.4 is 25.0 Å². The topological polar surface area (TPSA) is 51.0 Å². The number of benzene rings is 4. The number of fused-ring (bicyclic) bond motifs is 2. The van der Waals surface area contributed by atoms with E-state index in [1.165, 1.54) is 0 Å². The molecular weight excluding hydrogens is 422 g/mol. The largest absolute Gasteiger partial charge is 0.473 e. The molecule has 4 aromatic rings. The van der Waals surface area contributed by atoms with Gasteiger partial charge in [0.15, 0.2) is 13.5 Å². The highest BCUT2D eigenvalue weighted by atomic mass is 16.5. The molecular formula is C29H27N3O2. The third-order valence-corrected chi connectivity index (χ3v) is 6.60. The van der Waals surface area contributed by atoms with Gasteiger partial charge in [-0.1, -0.05) is 48.5 Å². The predicted molar refractivity (Wildman–Crippen MR) is 135 cm³/mol. The molecule has 2 aliphatic heterocycles. The van der Waals surface area contributed by atoms with Crippen molar-refractivity contribution in [2.75, 3.05) is 23.3 Å². The van der Waals surface area contributed by atoms with Gasteiger partial charge in [0.1, 0.15) is 11.5 Å². The van der Waals surface area contributed by atoms with Crippen molar-refractivity contribution in [2.45, 2.75) is 19.1 Å². The first-order chi connectivity index (χ1) is 16.7. The maximum atomic E-state index is 6.77. The van der Waals surface area contributed by atoms with Crippen LogP contribution in [0, 0.1) is 0 Å². The van der Waals surface area contributed by atoms with Crippen molar-refractivity contribution in [2.24, 2.45) is 5.73 Å². The van der Waals surface area contributed by atoms with Gasteiger partial charge >= 0.3 is 0 Å². The van der Waals surface area contributed by atoms with Crippen LogP contribution in [0.3, 0.4) is 0 Å². The molecule has 0 aromatic heterocycles. The van der Waals surface area contributed by atoms with E-state index < -0.39 is 0 Å². The first-order valence-electron chi connectivity index (χ1n) is 11.6. The maximum Gasteiger partial charge on any atom is 0.161 e. The van der Waals surface area contributed by atoms with Gasteiger partial charge < -0.3 is 25.0 Å². The molecule has 0 amide bonds. The van der Waals surface area contributed by atoms with E-state index in [0.717, 1.165) is 58.2 Å². The minimum Gasteiger partial charge on any atom is -0.473 e. The van der Waals surface area contributed by atoms with Crippen molar-refractivity contribution in [1.29, 1.82) is 0 Å². The summed E-state index contributed by atoms with van der Waals surface area (Å²) < 4.78 is 12.0. The van der Waals surface area contributed by atoms with Gasteiger partial charge in [0.2, 0.25) is 0 Å². The first-order valence-corrected chi connectivity index (χ1v) is 11.6. The first kappa shape index (κ1) is 20.6. The van der Waals surface area contributed by atoms with Gasteiger partial charge in [-0.2, -0.15) is 0 Å². The highest BCUT2D eigenvalue weighted by Gasteiger charge is 2.22. The lowest BCUT2D eigenvalue weighted by Crippen LogP contribution is -2.32. The van der Waals surface area contributed by atoms with Gasteiger partial charge in [-0.15, -0.1) is 0 Å². The average molecular weight is 450 g/mol. The number of hydrogen-bond donors (Lipinski definition) is 1. The Kier molecular flexibility index (Phi) is 5.32. The summed E-state index contributed by atoms with van der Waals surface area (Å²) in [6, 6.07) is 33.1. The molecule has 5 nitrogen and oxygen atoms in total. The molecule has 0 unspecified atom stereocenters. The summed E-state index contributed by atoms with van der Waals surface area (Å²) in [5.41, 5.74) is 13.5. The number of nitrogens with zero attached hydrogens (tertiary/aromatic N) is 2. The molecule has 34 heavy (non-hydrogen) atoms. The standard InChI is InChI=1S/C29H27N3O2/c30-29(21-11-13-27-23(15-21)17-31(19-33-27)25-7-3-1-4-8-25)22-12-14-28-24(16-22)18-32(20-34-28)26-9-5-2-6-10-26/h1-16,29H,17-20,30H2. The second kappa shape index (κ2) is 8.76. The highest BCUT2D eigenvalue weighted by Crippen LogP contribution is 2.34. The van der Waals surface area contributed by atoms with Crippen molar-refractivity contribution in [3.63, 3.8) is 0 Å². The normalized spacial score (nSPS) is 14.8.